The monoisotopic (exact) mass is 404 g/mol. The lowest BCUT2D eigenvalue weighted by atomic mass is 9.79. The summed E-state index contributed by atoms with van der Waals surface area (Å²) in [7, 11) is 0. The summed E-state index contributed by atoms with van der Waals surface area (Å²) < 4.78 is 45.1. The summed E-state index contributed by atoms with van der Waals surface area (Å²) in [5, 5.41) is 13.4. The van der Waals surface area contributed by atoms with Crippen LogP contribution in [0.4, 0.5) is 13.2 Å². The van der Waals surface area contributed by atoms with E-state index in [1.165, 1.54) is 6.92 Å². The Labute approximate surface area is 164 Å². The molecule has 0 spiro atoms. The van der Waals surface area contributed by atoms with Gasteiger partial charge in [0.15, 0.2) is 5.76 Å². The Morgan fingerprint density at radius 1 is 1.31 bits per heavy atom. The molecule has 0 aliphatic heterocycles. The largest absolute Gasteiger partial charge is 0.433 e. The molecule has 1 aromatic carbocycles. The van der Waals surface area contributed by atoms with E-state index in [2.05, 4.69) is 10.3 Å². The van der Waals surface area contributed by atoms with Crippen LogP contribution in [-0.4, -0.2) is 22.5 Å². The molecule has 0 saturated carbocycles. The lowest BCUT2D eigenvalue weighted by molar-refractivity contribution is -0.136. The fourth-order valence-electron chi connectivity index (χ4n) is 3.88. The van der Waals surface area contributed by atoms with Gasteiger partial charge in [-0.1, -0.05) is 24.3 Å². The van der Waals surface area contributed by atoms with Gasteiger partial charge in [0.1, 0.15) is 5.60 Å². The molecule has 0 radical (unpaired) electrons. The highest BCUT2D eigenvalue weighted by Gasteiger charge is 2.36. The Kier molecular flexibility index (Phi) is 4.61. The maximum Gasteiger partial charge on any atom is 0.417 e. The number of fused-ring (bicyclic) bond motifs is 2. The van der Waals surface area contributed by atoms with E-state index < -0.39 is 23.2 Å². The van der Waals surface area contributed by atoms with Gasteiger partial charge < -0.3 is 14.8 Å². The minimum absolute atomic E-state index is 0.0710. The van der Waals surface area contributed by atoms with Gasteiger partial charge in [-0.05, 0) is 49.4 Å². The first-order valence-electron chi connectivity index (χ1n) is 9.25. The highest BCUT2D eigenvalue weighted by molar-refractivity contribution is 5.96. The average molecular weight is 404 g/mol. The van der Waals surface area contributed by atoms with Crippen molar-refractivity contribution in [3.05, 3.63) is 64.5 Å². The molecule has 3 aromatic rings. The lowest BCUT2D eigenvalue weighted by Gasteiger charge is -2.34. The van der Waals surface area contributed by atoms with Crippen molar-refractivity contribution in [2.75, 3.05) is 6.54 Å². The Hall–Kier alpha value is -2.87. The number of nitrogens with zero attached hydrogens (tertiary/aromatic N) is 1. The summed E-state index contributed by atoms with van der Waals surface area (Å²) in [6, 6.07) is 9.44. The second-order valence-corrected chi connectivity index (χ2v) is 7.36. The van der Waals surface area contributed by atoms with Crippen molar-refractivity contribution in [1.29, 1.82) is 0 Å². The fourth-order valence-corrected chi connectivity index (χ4v) is 3.88. The second-order valence-electron chi connectivity index (χ2n) is 7.36. The van der Waals surface area contributed by atoms with Gasteiger partial charge in [0.2, 0.25) is 5.71 Å². The van der Waals surface area contributed by atoms with Crippen LogP contribution in [0.5, 0.6) is 0 Å². The van der Waals surface area contributed by atoms with Crippen molar-refractivity contribution < 1.29 is 27.5 Å². The smallest absolute Gasteiger partial charge is 0.417 e. The molecule has 4 rings (SSSR count). The van der Waals surface area contributed by atoms with E-state index in [9.17, 15) is 23.1 Å². The number of rotatable bonds is 3. The number of alkyl halides is 3. The highest BCUT2D eigenvalue weighted by atomic mass is 19.4. The van der Waals surface area contributed by atoms with Gasteiger partial charge in [-0.15, -0.1) is 0 Å². The van der Waals surface area contributed by atoms with E-state index >= 15 is 0 Å². The Morgan fingerprint density at radius 2 is 2.07 bits per heavy atom. The van der Waals surface area contributed by atoms with E-state index in [1.807, 2.05) is 24.3 Å². The number of benzene rings is 1. The summed E-state index contributed by atoms with van der Waals surface area (Å²) in [5.74, 6) is -0.985. The zero-order valence-electron chi connectivity index (χ0n) is 15.6. The van der Waals surface area contributed by atoms with Crippen molar-refractivity contribution >= 4 is 17.0 Å². The first-order chi connectivity index (χ1) is 13.7. The van der Waals surface area contributed by atoms with Gasteiger partial charge in [-0.25, -0.2) is 4.98 Å². The van der Waals surface area contributed by atoms with Crippen LogP contribution in [0, 0.1) is 6.92 Å². The molecule has 1 aliphatic rings. The molecule has 0 bridgehead atoms. The molecular weight excluding hydrogens is 385 g/mol. The first kappa shape index (κ1) is 19.4. The Balaban J connectivity index is 1.59. The van der Waals surface area contributed by atoms with Crippen molar-refractivity contribution in [3.8, 4) is 0 Å². The predicted octanol–water partition coefficient (Wildman–Crippen LogP) is 4.11. The van der Waals surface area contributed by atoms with Gasteiger partial charge >= 0.3 is 6.18 Å². The topological polar surface area (TPSA) is 75.4 Å². The number of aryl methyl sites for hydroxylation is 2. The van der Waals surface area contributed by atoms with Crippen LogP contribution >= 0.6 is 0 Å². The molecule has 2 heterocycles. The third-order valence-electron chi connectivity index (χ3n) is 5.26. The minimum atomic E-state index is -4.59. The van der Waals surface area contributed by atoms with Crippen LogP contribution in [0.3, 0.4) is 0 Å². The zero-order valence-corrected chi connectivity index (χ0v) is 15.6. The molecule has 1 atom stereocenters. The van der Waals surface area contributed by atoms with E-state index in [-0.39, 0.29) is 29.1 Å². The van der Waals surface area contributed by atoms with Gasteiger partial charge in [-0.3, -0.25) is 4.79 Å². The standard InChI is InChI=1S/C21H19F3N2O3/c1-12-9-16(21(22,23)24)14-10-17(29-19(14)26-12)18(27)25-11-20(28)8-4-6-13-5-2-3-7-15(13)20/h2-3,5,7,9-10,28H,4,6,8,11H2,1H3,(H,25,27). The molecule has 5 nitrogen and oxygen atoms in total. The molecular formula is C21H19F3N2O3. The predicted molar refractivity (Wildman–Crippen MR) is 99.4 cm³/mol. The van der Waals surface area contributed by atoms with E-state index in [1.54, 1.807) is 0 Å². The zero-order chi connectivity index (χ0) is 20.8. The fraction of sp³-hybridized carbons (Fsp3) is 0.333. The van der Waals surface area contributed by atoms with Crippen molar-refractivity contribution in [2.45, 2.75) is 38.0 Å². The number of nitrogens with one attached hydrogen (secondary N) is 1. The number of hydrogen-bond donors (Lipinski definition) is 2. The average Bonchev–Trinajstić information content (AvgIpc) is 3.09. The molecule has 0 fully saturated rings. The number of hydrogen-bond acceptors (Lipinski definition) is 4. The Morgan fingerprint density at radius 3 is 2.83 bits per heavy atom. The molecule has 29 heavy (non-hydrogen) atoms. The van der Waals surface area contributed by atoms with Crippen LogP contribution < -0.4 is 5.32 Å². The van der Waals surface area contributed by atoms with Gasteiger partial charge in [-0.2, -0.15) is 13.2 Å². The van der Waals surface area contributed by atoms with Crippen LogP contribution in [-0.2, 0) is 18.2 Å². The molecule has 1 amide bonds. The number of pyridine rings is 1. The SMILES string of the molecule is Cc1cc(C(F)(F)F)c2cc(C(=O)NCC3(O)CCCc4ccccc43)oc2n1. The first-order valence-corrected chi connectivity index (χ1v) is 9.25. The summed E-state index contributed by atoms with van der Waals surface area (Å²) in [4.78, 5) is 16.5. The number of aromatic nitrogens is 1. The number of furan rings is 1. The van der Waals surface area contributed by atoms with Crippen LogP contribution in [0.1, 0.15) is 45.8 Å². The van der Waals surface area contributed by atoms with E-state index in [0.29, 0.717) is 6.42 Å². The summed E-state index contributed by atoms with van der Waals surface area (Å²) in [6.45, 7) is 1.35. The molecule has 2 N–H and O–H groups in total. The number of aliphatic hydroxyl groups is 1. The van der Waals surface area contributed by atoms with Crippen molar-refractivity contribution in [2.24, 2.45) is 0 Å². The number of amides is 1. The Bertz CT molecular complexity index is 1090. The minimum Gasteiger partial charge on any atom is -0.433 e. The van der Waals surface area contributed by atoms with Crippen LogP contribution in [0.2, 0.25) is 0 Å². The summed E-state index contributed by atoms with van der Waals surface area (Å²) in [5.41, 5.74) is -0.463. The second kappa shape index (κ2) is 6.88. The third-order valence-corrected chi connectivity index (χ3v) is 5.26. The molecule has 152 valence electrons. The molecule has 2 aromatic heterocycles. The third kappa shape index (κ3) is 3.60. The normalized spacial score (nSPS) is 19.2. The maximum atomic E-state index is 13.3. The maximum absolute atomic E-state index is 13.3. The van der Waals surface area contributed by atoms with Crippen LogP contribution in [0.15, 0.2) is 40.8 Å². The van der Waals surface area contributed by atoms with E-state index in [0.717, 1.165) is 36.1 Å². The van der Waals surface area contributed by atoms with Crippen LogP contribution in [0.25, 0.3) is 11.1 Å². The van der Waals surface area contributed by atoms with Gasteiger partial charge in [0, 0.05) is 5.69 Å². The lowest BCUT2D eigenvalue weighted by Crippen LogP contribution is -2.42. The van der Waals surface area contributed by atoms with Gasteiger partial charge in [0.05, 0.1) is 17.5 Å². The quantitative estimate of drug-likeness (QED) is 0.689. The summed E-state index contributed by atoms with van der Waals surface area (Å²) in [6.07, 6.45) is -2.50. The number of carbonyl (C=O) groups is 1. The number of carbonyl (C=O) groups excluding carboxylic acids is 1. The molecule has 0 saturated heterocycles. The highest BCUT2D eigenvalue weighted by Crippen LogP contribution is 2.37. The van der Waals surface area contributed by atoms with E-state index in [4.69, 9.17) is 4.42 Å². The molecule has 1 aliphatic carbocycles. The number of halogens is 3. The summed E-state index contributed by atoms with van der Waals surface area (Å²) >= 11 is 0. The van der Waals surface area contributed by atoms with Crippen molar-refractivity contribution in [3.63, 3.8) is 0 Å². The molecule has 8 heteroatoms. The van der Waals surface area contributed by atoms with Gasteiger partial charge in [0.25, 0.3) is 5.91 Å². The molecule has 1 unspecified atom stereocenters. The van der Waals surface area contributed by atoms with Crippen molar-refractivity contribution in [1.82, 2.24) is 10.3 Å².